The molecule has 1 fully saturated rings. The molecule has 0 spiro atoms. The van der Waals surface area contributed by atoms with Crippen molar-refractivity contribution in [3.63, 3.8) is 0 Å². The molecule has 0 aromatic carbocycles. The lowest BCUT2D eigenvalue weighted by atomic mass is 9.86. The van der Waals surface area contributed by atoms with Gasteiger partial charge in [0.05, 0.1) is 5.75 Å². The van der Waals surface area contributed by atoms with E-state index in [0.29, 0.717) is 12.3 Å². The lowest BCUT2D eigenvalue weighted by Crippen LogP contribution is -2.18. The molecule has 1 aliphatic rings. The molecule has 0 aromatic heterocycles. The van der Waals surface area contributed by atoms with Crippen LogP contribution in [0.2, 0.25) is 0 Å². The minimum absolute atomic E-state index is 0.353. The quantitative estimate of drug-likeness (QED) is 0.711. The van der Waals surface area contributed by atoms with Crippen molar-refractivity contribution < 1.29 is 12.8 Å². The molecule has 0 heterocycles. The summed E-state index contributed by atoms with van der Waals surface area (Å²) in [6, 6.07) is 0. The van der Waals surface area contributed by atoms with E-state index in [-0.39, 0.29) is 0 Å². The Morgan fingerprint density at radius 1 is 1.29 bits per heavy atom. The molecule has 0 aliphatic heterocycles. The van der Waals surface area contributed by atoms with Crippen molar-refractivity contribution in [1.29, 1.82) is 0 Å². The van der Waals surface area contributed by atoms with Gasteiger partial charge in [0.15, 0.2) is 0 Å². The predicted octanol–water partition coefficient (Wildman–Crippen LogP) is 2.86. The third-order valence-electron chi connectivity index (χ3n) is 2.69. The summed E-state index contributed by atoms with van der Waals surface area (Å²) in [5.41, 5.74) is 0. The van der Waals surface area contributed by atoms with Crippen LogP contribution in [0, 0.1) is 5.92 Å². The van der Waals surface area contributed by atoms with Gasteiger partial charge in [0.1, 0.15) is 6.17 Å². The lowest BCUT2D eigenvalue weighted by molar-refractivity contribution is 0.247. The Hall–Kier alpha value is 0.170. The SMILES string of the molecule is O=S(=O)(Cl)CC(F)CC1CCCCC1. The van der Waals surface area contributed by atoms with Crippen molar-refractivity contribution >= 4 is 19.7 Å². The predicted molar refractivity (Wildman–Crippen MR) is 55.7 cm³/mol. The fraction of sp³-hybridized carbons (Fsp3) is 1.00. The molecule has 1 aliphatic carbocycles. The highest BCUT2D eigenvalue weighted by Gasteiger charge is 2.22. The van der Waals surface area contributed by atoms with Crippen molar-refractivity contribution in [2.45, 2.75) is 44.7 Å². The summed E-state index contributed by atoms with van der Waals surface area (Å²) in [7, 11) is 1.30. The van der Waals surface area contributed by atoms with Gasteiger partial charge in [0, 0.05) is 10.7 Å². The third-order valence-corrected chi connectivity index (χ3v) is 3.83. The van der Waals surface area contributed by atoms with Gasteiger partial charge >= 0.3 is 0 Å². The molecule has 0 N–H and O–H groups in total. The van der Waals surface area contributed by atoms with Gasteiger partial charge in [0.25, 0.3) is 0 Å². The number of alkyl halides is 1. The van der Waals surface area contributed by atoms with Crippen LogP contribution in [-0.2, 0) is 9.05 Å². The van der Waals surface area contributed by atoms with Gasteiger partial charge in [-0.25, -0.2) is 12.8 Å². The molecule has 2 nitrogen and oxygen atoms in total. The van der Waals surface area contributed by atoms with Crippen LogP contribution in [0.1, 0.15) is 38.5 Å². The zero-order valence-corrected chi connectivity index (χ0v) is 9.66. The summed E-state index contributed by atoms with van der Waals surface area (Å²) in [6.45, 7) is 0. The Kier molecular flexibility index (Phi) is 4.64. The van der Waals surface area contributed by atoms with E-state index in [2.05, 4.69) is 0 Å². The second-order valence-corrected chi connectivity index (χ2v) is 6.86. The van der Waals surface area contributed by atoms with Crippen LogP contribution >= 0.6 is 10.7 Å². The number of hydrogen-bond acceptors (Lipinski definition) is 2. The fourth-order valence-corrected chi connectivity index (χ4v) is 3.05. The largest absolute Gasteiger partial charge is 0.246 e. The standard InChI is InChI=1S/C9H16ClFO2S/c10-14(12,13)7-9(11)6-8-4-2-1-3-5-8/h8-9H,1-7H2. The minimum Gasteiger partial charge on any atom is -0.246 e. The monoisotopic (exact) mass is 242 g/mol. The van der Waals surface area contributed by atoms with Gasteiger partial charge in [-0.05, 0) is 12.3 Å². The summed E-state index contributed by atoms with van der Waals surface area (Å²) >= 11 is 0. The van der Waals surface area contributed by atoms with Crippen molar-refractivity contribution in [3.05, 3.63) is 0 Å². The van der Waals surface area contributed by atoms with E-state index < -0.39 is 21.0 Å². The van der Waals surface area contributed by atoms with Crippen LogP contribution in [0.25, 0.3) is 0 Å². The van der Waals surface area contributed by atoms with Crippen LogP contribution in [0.5, 0.6) is 0 Å². The Bertz CT molecular complexity index is 260. The first kappa shape index (κ1) is 12.2. The van der Waals surface area contributed by atoms with Gasteiger partial charge in [0.2, 0.25) is 9.05 Å². The maximum Gasteiger partial charge on any atom is 0.235 e. The van der Waals surface area contributed by atoms with Crippen molar-refractivity contribution in [1.82, 2.24) is 0 Å². The third kappa shape index (κ3) is 5.15. The second kappa shape index (κ2) is 5.31. The lowest BCUT2D eigenvalue weighted by Gasteiger charge is -2.22. The average molecular weight is 243 g/mol. The van der Waals surface area contributed by atoms with Crippen LogP contribution in [0.3, 0.4) is 0 Å². The summed E-state index contributed by atoms with van der Waals surface area (Å²) < 4.78 is 34.4. The minimum atomic E-state index is -3.68. The molecule has 14 heavy (non-hydrogen) atoms. The highest BCUT2D eigenvalue weighted by Crippen LogP contribution is 2.28. The normalized spacial score (nSPS) is 22.1. The van der Waals surface area contributed by atoms with Gasteiger partial charge in [-0.1, -0.05) is 32.1 Å². The maximum absolute atomic E-state index is 13.2. The molecule has 0 amide bonds. The topological polar surface area (TPSA) is 34.1 Å². The van der Waals surface area contributed by atoms with Crippen molar-refractivity contribution in [2.75, 3.05) is 5.75 Å². The first-order valence-corrected chi connectivity index (χ1v) is 7.51. The van der Waals surface area contributed by atoms with E-state index in [1.165, 1.54) is 6.42 Å². The summed E-state index contributed by atoms with van der Waals surface area (Å²) in [5, 5.41) is 0. The molecule has 0 radical (unpaired) electrons. The first-order valence-electron chi connectivity index (χ1n) is 5.04. The second-order valence-electron chi connectivity index (χ2n) is 4.04. The Labute approximate surface area is 89.3 Å². The van der Waals surface area contributed by atoms with Crippen LogP contribution < -0.4 is 0 Å². The number of hydrogen-bond donors (Lipinski definition) is 0. The molecule has 0 bridgehead atoms. The molecule has 0 aromatic rings. The highest BCUT2D eigenvalue weighted by molar-refractivity contribution is 8.13. The molecule has 1 unspecified atom stereocenters. The van der Waals surface area contributed by atoms with E-state index in [0.717, 1.165) is 25.7 Å². The van der Waals surface area contributed by atoms with Crippen molar-refractivity contribution in [3.8, 4) is 0 Å². The van der Waals surface area contributed by atoms with E-state index in [1.807, 2.05) is 0 Å². The smallest absolute Gasteiger partial charge is 0.235 e. The molecule has 84 valence electrons. The number of halogens is 2. The van der Waals surface area contributed by atoms with Gasteiger partial charge in [-0.3, -0.25) is 0 Å². The Balaban J connectivity index is 2.28. The molecule has 1 atom stereocenters. The molecule has 1 saturated carbocycles. The summed E-state index contributed by atoms with van der Waals surface area (Å²) in [6.07, 6.45) is 4.63. The van der Waals surface area contributed by atoms with E-state index in [1.54, 1.807) is 0 Å². The molecule has 5 heteroatoms. The van der Waals surface area contributed by atoms with Gasteiger partial charge in [-0.2, -0.15) is 0 Å². The first-order chi connectivity index (χ1) is 6.47. The Morgan fingerprint density at radius 2 is 1.86 bits per heavy atom. The highest BCUT2D eigenvalue weighted by atomic mass is 35.7. The zero-order chi connectivity index (χ0) is 10.6. The van der Waals surface area contributed by atoms with Crippen LogP contribution in [0.15, 0.2) is 0 Å². The summed E-state index contributed by atoms with van der Waals surface area (Å²) in [4.78, 5) is 0. The molecule has 0 saturated heterocycles. The molecular formula is C9H16ClFO2S. The van der Waals surface area contributed by atoms with E-state index in [9.17, 15) is 12.8 Å². The van der Waals surface area contributed by atoms with Gasteiger partial charge in [-0.15, -0.1) is 0 Å². The summed E-state index contributed by atoms with van der Waals surface area (Å²) in [5.74, 6) is -0.178. The molecular weight excluding hydrogens is 227 g/mol. The molecule has 1 rings (SSSR count). The van der Waals surface area contributed by atoms with E-state index >= 15 is 0 Å². The number of rotatable bonds is 4. The van der Waals surface area contributed by atoms with Crippen LogP contribution in [-0.4, -0.2) is 20.3 Å². The Morgan fingerprint density at radius 3 is 2.36 bits per heavy atom. The van der Waals surface area contributed by atoms with Crippen LogP contribution in [0.4, 0.5) is 4.39 Å². The van der Waals surface area contributed by atoms with E-state index in [4.69, 9.17) is 10.7 Å². The van der Waals surface area contributed by atoms with Gasteiger partial charge < -0.3 is 0 Å². The maximum atomic E-state index is 13.2. The fourth-order valence-electron chi connectivity index (χ4n) is 2.07. The zero-order valence-electron chi connectivity index (χ0n) is 8.09. The van der Waals surface area contributed by atoms with Crippen molar-refractivity contribution in [2.24, 2.45) is 5.92 Å². The average Bonchev–Trinajstić information content (AvgIpc) is 2.02.